The molecular weight excluding hydrogens is 493 g/mol. The Morgan fingerprint density at radius 2 is 1.70 bits per heavy atom. The van der Waals surface area contributed by atoms with Crippen LogP contribution in [0.3, 0.4) is 0 Å². The quantitative estimate of drug-likeness (QED) is 0.346. The first-order chi connectivity index (χ1) is 17.6. The fourth-order valence-corrected chi connectivity index (χ4v) is 4.40. The summed E-state index contributed by atoms with van der Waals surface area (Å²) in [5, 5.41) is -0.0810. The molecule has 4 rings (SSSR count). The maximum Gasteiger partial charge on any atom is 0.450 e. The third-order valence-electron chi connectivity index (χ3n) is 6.27. The van der Waals surface area contributed by atoms with Gasteiger partial charge in [-0.15, -0.1) is 0 Å². The van der Waals surface area contributed by atoms with E-state index in [1.165, 1.54) is 51.5 Å². The van der Waals surface area contributed by atoms with Crippen molar-refractivity contribution in [1.29, 1.82) is 0 Å². The summed E-state index contributed by atoms with van der Waals surface area (Å²) in [4.78, 5) is 25.7. The van der Waals surface area contributed by atoms with E-state index in [1.54, 1.807) is 0 Å². The highest BCUT2D eigenvalue weighted by Crippen LogP contribution is 2.40. The fourth-order valence-electron chi connectivity index (χ4n) is 4.40. The molecule has 2 aromatic carbocycles. The van der Waals surface area contributed by atoms with Crippen molar-refractivity contribution in [3.05, 3.63) is 52.4 Å². The van der Waals surface area contributed by atoms with Gasteiger partial charge in [-0.2, -0.15) is 13.2 Å². The van der Waals surface area contributed by atoms with Crippen LogP contribution in [0.5, 0.6) is 17.2 Å². The molecule has 0 radical (unpaired) electrons. The van der Waals surface area contributed by atoms with E-state index >= 15 is 0 Å². The number of methoxy groups -OCH3 is 2. The van der Waals surface area contributed by atoms with Gasteiger partial charge in [0.2, 0.25) is 11.2 Å². The molecule has 37 heavy (non-hydrogen) atoms. The molecule has 1 fully saturated rings. The molecule has 1 aliphatic carbocycles. The smallest absolute Gasteiger partial charge is 0.450 e. The minimum absolute atomic E-state index is 0.0416. The molecule has 1 aliphatic rings. The highest BCUT2D eigenvalue weighted by atomic mass is 19.4. The standard InChI is InChI=1S/C27H27F3O7/c1-15(26(32)36-17-7-5-4-6-8-17)35-18-10-11-19-21(14-18)37-25(27(28,29)30)23(24(19)31)16-9-12-20(33-2)22(13-16)34-3/h9-15,17H,4-8H2,1-3H3. The average Bonchev–Trinajstić information content (AvgIpc) is 2.88. The zero-order valence-corrected chi connectivity index (χ0v) is 20.6. The Balaban J connectivity index is 1.69. The largest absolute Gasteiger partial charge is 0.493 e. The van der Waals surface area contributed by atoms with Gasteiger partial charge in [0.25, 0.3) is 0 Å². The maximum atomic E-state index is 14.0. The van der Waals surface area contributed by atoms with E-state index in [4.69, 9.17) is 23.4 Å². The van der Waals surface area contributed by atoms with E-state index in [0.717, 1.165) is 38.2 Å². The summed E-state index contributed by atoms with van der Waals surface area (Å²) >= 11 is 0. The molecule has 198 valence electrons. The number of ether oxygens (including phenoxy) is 4. The van der Waals surface area contributed by atoms with Gasteiger partial charge >= 0.3 is 12.1 Å². The van der Waals surface area contributed by atoms with E-state index in [0.29, 0.717) is 5.75 Å². The van der Waals surface area contributed by atoms with E-state index < -0.39 is 35.0 Å². The summed E-state index contributed by atoms with van der Waals surface area (Å²) in [5.74, 6) is -1.50. The van der Waals surface area contributed by atoms with E-state index in [2.05, 4.69) is 0 Å². The first-order valence-corrected chi connectivity index (χ1v) is 11.9. The van der Waals surface area contributed by atoms with E-state index in [1.807, 2.05) is 0 Å². The Hall–Kier alpha value is -3.69. The number of esters is 1. The molecule has 7 nitrogen and oxygen atoms in total. The zero-order valence-electron chi connectivity index (χ0n) is 20.6. The lowest BCUT2D eigenvalue weighted by Crippen LogP contribution is -2.31. The van der Waals surface area contributed by atoms with Gasteiger partial charge in [0.1, 0.15) is 17.4 Å². The van der Waals surface area contributed by atoms with Gasteiger partial charge in [-0.1, -0.05) is 12.5 Å². The summed E-state index contributed by atoms with van der Waals surface area (Å²) in [6, 6.07) is 7.88. The third kappa shape index (κ3) is 5.68. The van der Waals surface area contributed by atoms with Crippen LogP contribution >= 0.6 is 0 Å². The summed E-state index contributed by atoms with van der Waals surface area (Å²) < 4.78 is 68.7. The topological polar surface area (TPSA) is 84.2 Å². The number of hydrogen-bond donors (Lipinski definition) is 0. The van der Waals surface area contributed by atoms with Crippen LogP contribution in [-0.4, -0.2) is 32.4 Å². The van der Waals surface area contributed by atoms with Crippen LogP contribution in [-0.2, 0) is 15.7 Å². The van der Waals surface area contributed by atoms with Gasteiger partial charge in [-0.3, -0.25) is 4.79 Å². The summed E-state index contributed by atoms with van der Waals surface area (Å²) in [6.07, 6.45) is -1.46. The fraction of sp³-hybridized carbons (Fsp3) is 0.407. The molecule has 0 saturated heterocycles. The lowest BCUT2D eigenvalue weighted by molar-refractivity contribution is -0.158. The highest BCUT2D eigenvalue weighted by Gasteiger charge is 2.39. The Morgan fingerprint density at radius 1 is 1.00 bits per heavy atom. The van der Waals surface area contributed by atoms with Gasteiger partial charge < -0.3 is 23.4 Å². The van der Waals surface area contributed by atoms with E-state index in [-0.39, 0.29) is 34.1 Å². The SMILES string of the molecule is COc1ccc(-c2c(C(F)(F)F)oc3cc(OC(C)C(=O)OC4CCCCC4)ccc3c2=O)cc1OC. The van der Waals surface area contributed by atoms with Crippen LogP contribution in [0, 0.1) is 0 Å². The normalized spacial score (nSPS) is 15.3. The van der Waals surface area contributed by atoms with Crippen molar-refractivity contribution in [3.63, 3.8) is 0 Å². The molecule has 0 amide bonds. The van der Waals surface area contributed by atoms with Crippen LogP contribution in [0.1, 0.15) is 44.8 Å². The van der Waals surface area contributed by atoms with Crippen molar-refractivity contribution in [1.82, 2.24) is 0 Å². The molecule has 1 aromatic heterocycles. The molecule has 1 unspecified atom stereocenters. The third-order valence-corrected chi connectivity index (χ3v) is 6.27. The van der Waals surface area contributed by atoms with Gasteiger partial charge in [0, 0.05) is 6.07 Å². The van der Waals surface area contributed by atoms with Crippen molar-refractivity contribution in [3.8, 4) is 28.4 Å². The number of alkyl halides is 3. The zero-order chi connectivity index (χ0) is 26.7. The number of hydrogen-bond acceptors (Lipinski definition) is 7. The predicted octanol–water partition coefficient (Wildman–Crippen LogP) is 6.14. The van der Waals surface area contributed by atoms with Crippen molar-refractivity contribution in [2.45, 2.75) is 57.4 Å². The van der Waals surface area contributed by atoms with Gasteiger partial charge in [0.05, 0.1) is 25.2 Å². The van der Waals surface area contributed by atoms with Gasteiger partial charge in [-0.05, 0) is 62.4 Å². The Bertz CT molecular complexity index is 1340. The van der Waals surface area contributed by atoms with Crippen LogP contribution in [0.2, 0.25) is 0 Å². The molecule has 0 aliphatic heterocycles. The molecular formula is C27H27F3O7. The van der Waals surface area contributed by atoms with Crippen molar-refractivity contribution < 1.29 is 41.3 Å². The molecule has 3 aromatic rings. The second-order valence-corrected chi connectivity index (χ2v) is 8.82. The lowest BCUT2D eigenvalue weighted by atomic mass is 9.98. The second kappa shape index (κ2) is 10.7. The van der Waals surface area contributed by atoms with Crippen molar-refractivity contribution in [2.24, 2.45) is 0 Å². The first-order valence-electron chi connectivity index (χ1n) is 11.9. The number of carbonyl (C=O) groups is 1. The first kappa shape index (κ1) is 26.4. The van der Waals surface area contributed by atoms with Gasteiger partial charge in [-0.25, -0.2) is 4.79 Å². The molecule has 0 spiro atoms. The minimum Gasteiger partial charge on any atom is -0.493 e. The summed E-state index contributed by atoms with van der Waals surface area (Å²) in [7, 11) is 2.72. The molecule has 10 heteroatoms. The number of halogens is 3. The Kier molecular flexibility index (Phi) is 7.65. The number of carbonyl (C=O) groups excluding carboxylic acids is 1. The van der Waals surface area contributed by atoms with Crippen LogP contribution in [0.4, 0.5) is 13.2 Å². The minimum atomic E-state index is -4.97. The monoisotopic (exact) mass is 520 g/mol. The van der Waals surface area contributed by atoms with Crippen LogP contribution < -0.4 is 19.6 Å². The maximum absolute atomic E-state index is 14.0. The average molecular weight is 521 g/mol. The van der Waals surface area contributed by atoms with Crippen molar-refractivity contribution in [2.75, 3.05) is 14.2 Å². The van der Waals surface area contributed by atoms with Crippen molar-refractivity contribution >= 4 is 16.9 Å². The second-order valence-electron chi connectivity index (χ2n) is 8.82. The molecule has 0 N–H and O–H groups in total. The molecule has 0 bridgehead atoms. The highest BCUT2D eigenvalue weighted by molar-refractivity contribution is 5.84. The molecule has 1 saturated carbocycles. The van der Waals surface area contributed by atoms with Gasteiger partial charge in [0.15, 0.2) is 17.6 Å². The van der Waals surface area contributed by atoms with Crippen LogP contribution in [0.15, 0.2) is 45.6 Å². The number of fused-ring (bicyclic) bond motifs is 1. The number of benzene rings is 2. The predicted molar refractivity (Wildman–Crippen MR) is 129 cm³/mol. The molecule has 1 atom stereocenters. The number of rotatable bonds is 7. The summed E-state index contributed by atoms with van der Waals surface area (Å²) in [5.41, 5.74) is -1.90. The van der Waals surface area contributed by atoms with E-state index in [9.17, 15) is 22.8 Å². The summed E-state index contributed by atoms with van der Waals surface area (Å²) in [6.45, 7) is 1.49. The lowest BCUT2D eigenvalue weighted by Gasteiger charge is -2.23. The Labute approximate surface area is 211 Å². The Morgan fingerprint density at radius 3 is 2.35 bits per heavy atom. The molecule has 1 heterocycles. The van der Waals surface area contributed by atoms with Crippen LogP contribution in [0.25, 0.3) is 22.1 Å².